The van der Waals surface area contributed by atoms with Crippen LogP contribution in [0.5, 0.6) is 0 Å². The van der Waals surface area contributed by atoms with Gasteiger partial charge >= 0.3 is 6.01 Å². The van der Waals surface area contributed by atoms with E-state index >= 15 is 0 Å². The molecule has 1 heterocycles. The minimum absolute atomic E-state index is 0.174. The zero-order chi connectivity index (χ0) is 9.26. The predicted octanol–water partition coefficient (Wildman–Crippen LogP) is 0.706. The van der Waals surface area contributed by atoms with Crippen molar-refractivity contribution in [2.75, 3.05) is 11.9 Å². The van der Waals surface area contributed by atoms with Gasteiger partial charge in [0.25, 0.3) is 0 Å². The summed E-state index contributed by atoms with van der Waals surface area (Å²) in [5.41, 5.74) is 5.45. The summed E-state index contributed by atoms with van der Waals surface area (Å²) in [6.45, 7) is 2.53. The Morgan fingerprint density at radius 2 is 2.46 bits per heavy atom. The molecule has 1 aliphatic carbocycles. The molecule has 1 aliphatic rings. The molecule has 0 bridgehead atoms. The lowest BCUT2D eigenvalue weighted by Crippen LogP contribution is -2.25. The second-order valence-corrected chi connectivity index (χ2v) is 3.51. The first kappa shape index (κ1) is 8.50. The van der Waals surface area contributed by atoms with E-state index in [1.165, 1.54) is 12.8 Å². The van der Waals surface area contributed by atoms with Crippen LogP contribution in [0.15, 0.2) is 4.52 Å². The third-order valence-electron chi connectivity index (χ3n) is 2.11. The van der Waals surface area contributed by atoms with Crippen molar-refractivity contribution >= 4 is 6.01 Å². The maximum absolute atomic E-state index is 5.45. The minimum atomic E-state index is 0.174. The summed E-state index contributed by atoms with van der Waals surface area (Å²) in [5.74, 6) is 1.36. The highest BCUT2D eigenvalue weighted by Crippen LogP contribution is 2.38. The van der Waals surface area contributed by atoms with Crippen LogP contribution >= 0.6 is 0 Å². The highest BCUT2D eigenvalue weighted by Gasteiger charge is 2.28. The fraction of sp³-hybridized carbons (Fsp3) is 0.750. The van der Waals surface area contributed by atoms with E-state index in [1.54, 1.807) is 0 Å². The largest absolute Gasteiger partial charge is 0.334 e. The highest BCUT2D eigenvalue weighted by molar-refractivity contribution is 5.22. The quantitative estimate of drug-likeness (QED) is 0.717. The van der Waals surface area contributed by atoms with Crippen molar-refractivity contribution in [2.45, 2.75) is 31.7 Å². The molecular formula is C8H14N4O. The van der Waals surface area contributed by atoms with E-state index in [1.807, 2.05) is 6.92 Å². The number of nitrogens with one attached hydrogen (secondary N) is 1. The molecule has 5 nitrogen and oxygen atoms in total. The Bertz CT molecular complexity index is 281. The van der Waals surface area contributed by atoms with E-state index < -0.39 is 0 Å². The lowest BCUT2D eigenvalue weighted by atomic mass is 10.3. The van der Waals surface area contributed by atoms with Gasteiger partial charge in [-0.05, 0) is 19.8 Å². The molecule has 1 aromatic heterocycles. The maximum Gasteiger partial charge on any atom is 0.321 e. The number of rotatable bonds is 4. The van der Waals surface area contributed by atoms with Crippen molar-refractivity contribution in [1.82, 2.24) is 10.1 Å². The number of aromatic nitrogens is 2. The fourth-order valence-electron chi connectivity index (χ4n) is 1.07. The third-order valence-corrected chi connectivity index (χ3v) is 2.11. The number of hydrogen-bond donors (Lipinski definition) is 2. The van der Waals surface area contributed by atoms with Gasteiger partial charge in [0.15, 0.2) is 5.82 Å². The predicted molar refractivity (Wildman–Crippen MR) is 48.4 cm³/mol. The maximum atomic E-state index is 5.45. The summed E-state index contributed by atoms with van der Waals surface area (Å²) < 4.78 is 5.01. The van der Waals surface area contributed by atoms with E-state index in [0.717, 1.165) is 5.82 Å². The van der Waals surface area contributed by atoms with Crippen molar-refractivity contribution in [1.29, 1.82) is 0 Å². The zero-order valence-corrected chi connectivity index (χ0v) is 7.66. The molecule has 13 heavy (non-hydrogen) atoms. The van der Waals surface area contributed by atoms with E-state index in [4.69, 9.17) is 10.3 Å². The van der Waals surface area contributed by atoms with Crippen molar-refractivity contribution in [3.8, 4) is 0 Å². The summed E-state index contributed by atoms with van der Waals surface area (Å²) in [4.78, 5) is 4.22. The number of anilines is 1. The fourth-order valence-corrected chi connectivity index (χ4v) is 1.07. The van der Waals surface area contributed by atoms with Crippen LogP contribution in [-0.4, -0.2) is 22.7 Å². The molecule has 3 N–H and O–H groups in total. The van der Waals surface area contributed by atoms with Gasteiger partial charge in [0.2, 0.25) is 0 Å². The number of hydrogen-bond acceptors (Lipinski definition) is 5. The first-order valence-corrected chi connectivity index (χ1v) is 4.60. The van der Waals surface area contributed by atoms with Crippen molar-refractivity contribution < 1.29 is 4.52 Å². The first-order chi connectivity index (χ1) is 6.29. The molecule has 1 unspecified atom stereocenters. The van der Waals surface area contributed by atoms with Gasteiger partial charge in [0, 0.05) is 18.5 Å². The smallest absolute Gasteiger partial charge is 0.321 e. The Labute approximate surface area is 76.7 Å². The summed E-state index contributed by atoms with van der Waals surface area (Å²) in [6.07, 6.45) is 2.37. The Hall–Kier alpha value is -1.10. The van der Waals surface area contributed by atoms with E-state index in [-0.39, 0.29) is 6.04 Å². The van der Waals surface area contributed by atoms with Crippen LogP contribution in [0.2, 0.25) is 0 Å². The average Bonchev–Trinajstić information content (AvgIpc) is 2.88. The molecule has 0 saturated heterocycles. The summed E-state index contributed by atoms with van der Waals surface area (Å²) >= 11 is 0. The Morgan fingerprint density at radius 1 is 1.69 bits per heavy atom. The van der Waals surface area contributed by atoms with Crippen LogP contribution in [-0.2, 0) is 0 Å². The number of nitrogens with zero attached hydrogens (tertiary/aromatic N) is 2. The third kappa shape index (κ3) is 1.98. The molecule has 1 saturated carbocycles. The molecule has 5 heteroatoms. The lowest BCUT2D eigenvalue weighted by molar-refractivity contribution is 0.419. The normalized spacial score (nSPS) is 18.6. The van der Waals surface area contributed by atoms with Gasteiger partial charge in [-0.2, -0.15) is 4.98 Å². The molecule has 1 aromatic rings. The molecular weight excluding hydrogens is 168 g/mol. The van der Waals surface area contributed by atoms with Gasteiger partial charge in [-0.25, -0.2) is 0 Å². The zero-order valence-electron chi connectivity index (χ0n) is 7.66. The molecule has 0 aromatic carbocycles. The highest BCUT2D eigenvalue weighted by atomic mass is 16.5. The molecule has 72 valence electrons. The van der Waals surface area contributed by atoms with E-state index in [2.05, 4.69) is 15.5 Å². The topological polar surface area (TPSA) is 77.0 Å². The van der Waals surface area contributed by atoms with Crippen LogP contribution < -0.4 is 11.1 Å². The Morgan fingerprint density at radius 3 is 3.08 bits per heavy atom. The van der Waals surface area contributed by atoms with E-state index in [9.17, 15) is 0 Å². The lowest BCUT2D eigenvalue weighted by Gasteiger charge is -2.06. The summed E-state index contributed by atoms with van der Waals surface area (Å²) in [5, 5.41) is 6.91. The minimum Gasteiger partial charge on any atom is -0.334 e. The summed E-state index contributed by atoms with van der Waals surface area (Å²) in [6, 6.07) is 0.660. The van der Waals surface area contributed by atoms with Crippen LogP contribution in [0.1, 0.15) is 31.5 Å². The second-order valence-electron chi connectivity index (χ2n) is 3.51. The van der Waals surface area contributed by atoms with Crippen molar-refractivity contribution in [3.05, 3.63) is 5.82 Å². The van der Waals surface area contributed by atoms with Crippen LogP contribution in [0.4, 0.5) is 6.01 Å². The average molecular weight is 182 g/mol. The molecule has 2 rings (SSSR count). The molecule has 0 amide bonds. The number of nitrogens with two attached hydrogens (primary N) is 1. The first-order valence-electron chi connectivity index (χ1n) is 4.60. The van der Waals surface area contributed by atoms with Gasteiger partial charge in [-0.3, -0.25) is 0 Å². The van der Waals surface area contributed by atoms with E-state index in [0.29, 0.717) is 18.5 Å². The Balaban J connectivity index is 1.96. The van der Waals surface area contributed by atoms with Gasteiger partial charge in [-0.1, -0.05) is 5.16 Å². The van der Waals surface area contributed by atoms with Gasteiger partial charge in [0.1, 0.15) is 0 Å². The Kier molecular flexibility index (Phi) is 2.18. The SMILES string of the molecule is CC(CN)Nc1nc(C2CC2)no1. The van der Waals surface area contributed by atoms with Crippen LogP contribution in [0, 0.1) is 0 Å². The molecule has 0 radical (unpaired) electrons. The van der Waals surface area contributed by atoms with Crippen LogP contribution in [0.3, 0.4) is 0 Å². The standard InChI is InChI=1S/C8H14N4O/c1-5(4-9)10-8-11-7(12-13-8)6-2-3-6/h5-6H,2-4,9H2,1H3,(H,10,11,12). The van der Waals surface area contributed by atoms with Crippen molar-refractivity contribution in [2.24, 2.45) is 5.73 Å². The second kappa shape index (κ2) is 3.33. The van der Waals surface area contributed by atoms with Gasteiger partial charge < -0.3 is 15.6 Å². The molecule has 0 spiro atoms. The molecule has 0 aliphatic heterocycles. The monoisotopic (exact) mass is 182 g/mol. The van der Waals surface area contributed by atoms with Crippen LogP contribution in [0.25, 0.3) is 0 Å². The van der Waals surface area contributed by atoms with Crippen molar-refractivity contribution in [3.63, 3.8) is 0 Å². The summed E-state index contributed by atoms with van der Waals surface area (Å²) in [7, 11) is 0. The molecule has 1 atom stereocenters. The van der Waals surface area contributed by atoms with Gasteiger partial charge in [0.05, 0.1) is 0 Å². The molecule has 1 fully saturated rings. The van der Waals surface area contributed by atoms with Gasteiger partial charge in [-0.15, -0.1) is 0 Å².